The van der Waals surface area contributed by atoms with Crippen molar-refractivity contribution >= 4 is 11.8 Å². The minimum Gasteiger partial charge on any atom is -0.496 e. The average Bonchev–Trinajstić information content (AvgIpc) is 2.20. The summed E-state index contributed by atoms with van der Waals surface area (Å²) in [6.07, 6.45) is 0. The summed E-state index contributed by atoms with van der Waals surface area (Å²) in [4.78, 5) is 21.9. The zero-order valence-electron chi connectivity index (χ0n) is 8.83. The highest BCUT2D eigenvalue weighted by Crippen LogP contribution is 2.23. The summed E-state index contributed by atoms with van der Waals surface area (Å²) < 4.78 is 4.97. The van der Waals surface area contributed by atoms with E-state index in [2.05, 4.69) is 0 Å². The molecule has 0 atom stereocenters. The lowest BCUT2D eigenvalue weighted by molar-refractivity contribution is -0.131. The lowest BCUT2D eigenvalue weighted by Crippen LogP contribution is -2.14. The highest BCUT2D eigenvalue weighted by molar-refractivity contribution is 6.40. The summed E-state index contributed by atoms with van der Waals surface area (Å²) >= 11 is 0. The number of carbonyl (C=O) groups excluding carboxylic acids is 1. The van der Waals surface area contributed by atoms with E-state index in [1.165, 1.54) is 13.2 Å². The highest BCUT2D eigenvalue weighted by atomic mass is 16.5. The van der Waals surface area contributed by atoms with Gasteiger partial charge in [-0.15, -0.1) is 0 Å². The standard InChI is InChI=1S/C11H12O4/c1-6-4-8(10(12)11(13)14)9(15-3)5-7(6)2/h4-5H,1-3H3,(H,13,14). The van der Waals surface area contributed by atoms with Gasteiger partial charge in [-0.05, 0) is 37.1 Å². The number of Topliss-reactive ketones (excluding diaryl/α,β-unsaturated/α-hetero) is 1. The summed E-state index contributed by atoms with van der Waals surface area (Å²) in [7, 11) is 1.41. The van der Waals surface area contributed by atoms with Gasteiger partial charge in [0, 0.05) is 0 Å². The van der Waals surface area contributed by atoms with Crippen LogP contribution in [0.3, 0.4) is 0 Å². The molecule has 0 aliphatic heterocycles. The normalized spacial score (nSPS) is 9.80. The number of methoxy groups -OCH3 is 1. The molecule has 0 heterocycles. The van der Waals surface area contributed by atoms with Crippen LogP contribution in [0.15, 0.2) is 12.1 Å². The van der Waals surface area contributed by atoms with Crippen molar-refractivity contribution in [1.82, 2.24) is 0 Å². The van der Waals surface area contributed by atoms with Gasteiger partial charge in [0.05, 0.1) is 12.7 Å². The van der Waals surface area contributed by atoms with E-state index in [0.29, 0.717) is 5.75 Å². The van der Waals surface area contributed by atoms with E-state index in [4.69, 9.17) is 9.84 Å². The van der Waals surface area contributed by atoms with Gasteiger partial charge >= 0.3 is 5.97 Å². The molecule has 0 saturated heterocycles. The average molecular weight is 208 g/mol. The third-order valence-corrected chi connectivity index (χ3v) is 2.25. The number of aryl methyl sites for hydroxylation is 2. The Balaban J connectivity index is 3.34. The molecule has 0 unspecified atom stereocenters. The van der Waals surface area contributed by atoms with Crippen LogP contribution in [0.25, 0.3) is 0 Å². The number of rotatable bonds is 3. The molecule has 1 N–H and O–H groups in total. The molecule has 0 radical (unpaired) electrons. The molecule has 0 spiro atoms. The number of carbonyl (C=O) groups is 2. The quantitative estimate of drug-likeness (QED) is 0.605. The number of hydrogen-bond acceptors (Lipinski definition) is 3. The molecule has 1 aromatic carbocycles. The highest BCUT2D eigenvalue weighted by Gasteiger charge is 2.19. The second-order valence-electron chi connectivity index (χ2n) is 3.27. The first-order valence-corrected chi connectivity index (χ1v) is 4.40. The second-order valence-corrected chi connectivity index (χ2v) is 3.27. The molecule has 80 valence electrons. The van der Waals surface area contributed by atoms with Crippen molar-refractivity contribution in [3.63, 3.8) is 0 Å². The molecule has 0 amide bonds. The molecule has 0 aliphatic carbocycles. The van der Waals surface area contributed by atoms with Gasteiger partial charge < -0.3 is 9.84 Å². The van der Waals surface area contributed by atoms with Crippen molar-refractivity contribution in [3.05, 3.63) is 28.8 Å². The smallest absolute Gasteiger partial charge is 0.377 e. The van der Waals surface area contributed by atoms with E-state index in [1.807, 2.05) is 13.8 Å². The molecule has 4 heteroatoms. The third-order valence-electron chi connectivity index (χ3n) is 2.25. The van der Waals surface area contributed by atoms with Crippen LogP contribution in [0.1, 0.15) is 21.5 Å². The van der Waals surface area contributed by atoms with E-state index in [-0.39, 0.29) is 5.56 Å². The molecule has 4 nitrogen and oxygen atoms in total. The van der Waals surface area contributed by atoms with Gasteiger partial charge in [-0.1, -0.05) is 0 Å². The van der Waals surface area contributed by atoms with Crippen molar-refractivity contribution in [2.75, 3.05) is 7.11 Å². The molecule has 1 rings (SSSR count). The van der Waals surface area contributed by atoms with Crippen molar-refractivity contribution in [2.45, 2.75) is 13.8 Å². The molecule has 0 aliphatic rings. The summed E-state index contributed by atoms with van der Waals surface area (Å²) in [5.41, 5.74) is 1.90. The van der Waals surface area contributed by atoms with Gasteiger partial charge in [-0.25, -0.2) is 4.79 Å². The molecule has 15 heavy (non-hydrogen) atoms. The maximum absolute atomic E-state index is 11.3. The summed E-state index contributed by atoms with van der Waals surface area (Å²) in [5, 5.41) is 8.61. The van der Waals surface area contributed by atoms with E-state index in [1.54, 1.807) is 6.07 Å². The fourth-order valence-corrected chi connectivity index (χ4v) is 1.25. The minimum absolute atomic E-state index is 0.0908. The van der Waals surface area contributed by atoms with Crippen LogP contribution in [-0.2, 0) is 4.79 Å². The Labute approximate surface area is 87.5 Å². The fourth-order valence-electron chi connectivity index (χ4n) is 1.25. The predicted octanol–water partition coefficient (Wildman–Crippen LogP) is 1.58. The van der Waals surface area contributed by atoms with Gasteiger partial charge in [-0.2, -0.15) is 0 Å². The second kappa shape index (κ2) is 4.13. The fraction of sp³-hybridized carbons (Fsp3) is 0.273. The Hall–Kier alpha value is -1.84. The first-order chi connectivity index (χ1) is 6.97. The van der Waals surface area contributed by atoms with E-state index in [9.17, 15) is 9.59 Å². The molecule has 0 saturated carbocycles. The van der Waals surface area contributed by atoms with Gasteiger partial charge in [0.2, 0.25) is 0 Å². The Morgan fingerprint density at radius 1 is 1.20 bits per heavy atom. The number of carboxylic acids is 1. The SMILES string of the molecule is COc1cc(C)c(C)cc1C(=O)C(=O)O. The Bertz CT molecular complexity index is 421. The molecule has 0 aromatic heterocycles. The van der Waals surface area contributed by atoms with Gasteiger partial charge in [0.15, 0.2) is 0 Å². The topological polar surface area (TPSA) is 63.6 Å². The maximum Gasteiger partial charge on any atom is 0.377 e. The van der Waals surface area contributed by atoms with Crippen molar-refractivity contribution in [2.24, 2.45) is 0 Å². The molecule has 0 bridgehead atoms. The summed E-state index contributed by atoms with van der Waals surface area (Å²) in [6, 6.07) is 3.19. The Morgan fingerprint density at radius 3 is 2.20 bits per heavy atom. The van der Waals surface area contributed by atoms with E-state index >= 15 is 0 Å². The zero-order chi connectivity index (χ0) is 11.6. The largest absolute Gasteiger partial charge is 0.496 e. The molecular weight excluding hydrogens is 196 g/mol. The van der Waals surface area contributed by atoms with Crippen molar-refractivity contribution in [3.8, 4) is 5.75 Å². The first kappa shape index (κ1) is 11.2. The lowest BCUT2D eigenvalue weighted by atomic mass is 10.0. The van der Waals surface area contributed by atoms with Gasteiger partial charge in [0.25, 0.3) is 5.78 Å². The summed E-state index contributed by atoms with van der Waals surface area (Å²) in [5.74, 6) is -2.13. The van der Waals surface area contributed by atoms with Crippen LogP contribution in [0.5, 0.6) is 5.75 Å². The van der Waals surface area contributed by atoms with E-state index in [0.717, 1.165) is 11.1 Å². The van der Waals surface area contributed by atoms with E-state index < -0.39 is 11.8 Å². The van der Waals surface area contributed by atoms with Gasteiger partial charge in [-0.3, -0.25) is 4.79 Å². The van der Waals surface area contributed by atoms with Crippen LogP contribution in [0, 0.1) is 13.8 Å². The number of hydrogen-bond donors (Lipinski definition) is 1. The third kappa shape index (κ3) is 2.15. The minimum atomic E-state index is -1.48. The Morgan fingerprint density at radius 2 is 1.73 bits per heavy atom. The lowest BCUT2D eigenvalue weighted by Gasteiger charge is -2.09. The van der Waals surface area contributed by atoms with Crippen LogP contribution >= 0.6 is 0 Å². The predicted molar refractivity (Wildman–Crippen MR) is 54.4 cm³/mol. The summed E-state index contributed by atoms with van der Waals surface area (Å²) in [6.45, 7) is 3.68. The van der Waals surface area contributed by atoms with Crippen LogP contribution in [-0.4, -0.2) is 24.0 Å². The number of ether oxygens (including phenoxy) is 1. The molecule has 0 fully saturated rings. The van der Waals surface area contributed by atoms with Crippen LogP contribution < -0.4 is 4.74 Å². The van der Waals surface area contributed by atoms with Crippen LogP contribution in [0.2, 0.25) is 0 Å². The maximum atomic E-state index is 11.3. The number of ketones is 1. The molecular formula is C11H12O4. The first-order valence-electron chi connectivity index (χ1n) is 4.40. The Kier molecular flexibility index (Phi) is 3.09. The monoisotopic (exact) mass is 208 g/mol. The number of aliphatic carboxylic acids is 1. The van der Waals surface area contributed by atoms with Crippen molar-refractivity contribution in [1.29, 1.82) is 0 Å². The van der Waals surface area contributed by atoms with Crippen LogP contribution in [0.4, 0.5) is 0 Å². The van der Waals surface area contributed by atoms with Gasteiger partial charge in [0.1, 0.15) is 5.75 Å². The number of benzene rings is 1. The van der Waals surface area contributed by atoms with Crippen molar-refractivity contribution < 1.29 is 19.4 Å². The number of carboxylic acid groups (broad SMARTS) is 1. The zero-order valence-corrected chi connectivity index (χ0v) is 8.83. The molecule has 1 aromatic rings.